The number of hydrogen-bond acceptors (Lipinski definition) is 5. The number of hydrogen-bond donors (Lipinski definition) is 0. The molecule has 0 spiro atoms. The zero-order chi connectivity index (χ0) is 23.4. The van der Waals surface area contributed by atoms with Gasteiger partial charge in [0.25, 0.3) is 5.91 Å². The van der Waals surface area contributed by atoms with Crippen molar-refractivity contribution in [2.24, 2.45) is 0 Å². The normalized spacial score (nSPS) is 11.1. The van der Waals surface area contributed by atoms with Crippen molar-refractivity contribution in [1.82, 2.24) is 4.57 Å². The minimum absolute atomic E-state index is 0.0332. The van der Waals surface area contributed by atoms with Crippen molar-refractivity contribution in [3.05, 3.63) is 58.2 Å². The Hall–Kier alpha value is -3.13. The number of methoxy groups -OCH3 is 1. The van der Waals surface area contributed by atoms with E-state index >= 15 is 0 Å². The summed E-state index contributed by atoms with van der Waals surface area (Å²) in [6.07, 6.45) is 0.661. The topological polar surface area (TPSA) is 66.8 Å². The summed E-state index contributed by atoms with van der Waals surface area (Å²) in [7, 11) is 1.47. The summed E-state index contributed by atoms with van der Waals surface area (Å²) in [5.41, 5.74) is 1.89. The van der Waals surface area contributed by atoms with Crippen molar-refractivity contribution in [2.45, 2.75) is 33.3 Å². The SMILES string of the molecule is CCCOC(=O)Cc1c(C)n(C(=O)c2ccc(OC(F)F)cc2)c2cc(Cl)c(OC)cc12. The number of ether oxygens (including phenoxy) is 3. The molecule has 1 aromatic heterocycles. The van der Waals surface area contributed by atoms with Crippen LogP contribution in [0.15, 0.2) is 36.4 Å². The maximum Gasteiger partial charge on any atom is 0.387 e. The van der Waals surface area contributed by atoms with Gasteiger partial charge in [0.2, 0.25) is 0 Å². The third-order valence-electron chi connectivity index (χ3n) is 4.93. The Morgan fingerprint density at radius 3 is 2.44 bits per heavy atom. The highest BCUT2D eigenvalue weighted by Crippen LogP contribution is 2.35. The number of alkyl halides is 2. The first-order valence-electron chi connectivity index (χ1n) is 9.89. The molecule has 32 heavy (non-hydrogen) atoms. The number of nitrogens with zero attached hydrogens (tertiary/aromatic N) is 1. The Labute approximate surface area is 188 Å². The van der Waals surface area contributed by atoms with E-state index in [2.05, 4.69) is 4.74 Å². The zero-order valence-electron chi connectivity index (χ0n) is 17.8. The minimum Gasteiger partial charge on any atom is -0.495 e. The average molecular weight is 466 g/mol. The third kappa shape index (κ3) is 4.85. The molecule has 0 saturated carbocycles. The molecule has 0 aliphatic heterocycles. The first-order valence-corrected chi connectivity index (χ1v) is 10.3. The Morgan fingerprint density at radius 1 is 1.16 bits per heavy atom. The summed E-state index contributed by atoms with van der Waals surface area (Å²) in [5.74, 6) is -0.479. The van der Waals surface area contributed by atoms with Gasteiger partial charge < -0.3 is 14.2 Å². The molecular formula is C23H22ClF2NO5. The second kappa shape index (κ2) is 9.99. The fraction of sp³-hybridized carbons (Fsp3) is 0.304. The van der Waals surface area contributed by atoms with Crippen molar-refractivity contribution in [3.8, 4) is 11.5 Å². The molecule has 0 unspecified atom stereocenters. The molecule has 0 atom stereocenters. The second-order valence-electron chi connectivity index (χ2n) is 7.01. The highest BCUT2D eigenvalue weighted by atomic mass is 35.5. The Morgan fingerprint density at radius 2 is 1.84 bits per heavy atom. The standard InChI is InChI=1S/C23H22ClF2NO5/c1-4-9-31-21(28)11-16-13(2)27(19-12-18(24)20(30-3)10-17(16)19)22(29)14-5-7-15(8-6-14)32-23(25)26/h5-8,10,12,23H,4,9,11H2,1-3H3. The van der Waals surface area contributed by atoms with E-state index in [-0.39, 0.29) is 17.7 Å². The van der Waals surface area contributed by atoms with E-state index in [0.29, 0.717) is 46.0 Å². The molecule has 0 saturated heterocycles. The van der Waals surface area contributed by atoms with Crippen molar-refractivity contribution in [3.63, 3.8) is 0 Å². The van der Waals surface area contributed by atoms with Crippen LogP contribution in [0.3, 0.4) is 0 Å². The van der Waals surface area contributed by atoms with Crippen LogP contribution in [0.5, 0.6) is 11.5 Å². The molecule has 2 aromatic carbocycles. The number of aromatic nitrogens is 1. The number of halogens is 3. The number of esters is 1. The van der Waals surface area contributed by atoms with E-state index in [1.54, 1.807) is 19.1 Å². The fourth-order valence-corrected chi connectivity index (χ4v) is 3.68. The number of fused-ring (bicyclic) bond motifs is 1. The first-order chi connectivity index (χ1) is 15.3. The smallest absolute Gasteiger partial charge is 0.387 e. The van der Waals surface area contributed by atoms with Crippen LogP contribution in [0.1, 0.15) is 35.0 Å². The number of rotatable bonds is 8. The lowest BCUT2D eigenvalue weighted by atomic mass is 10.1. The Balaban J connectivity index is 2.09. The average Bonchev–Trinajstić information content (AvgIpc) is 3.01. The molecule has 3 rings (SSSR count). The summed E-state index contributed by atoms with van der Waals surface area (Å²) in [6.45, 7) is 0.958. The lowest BCUT2D eigenvalue weighted by molar-refractivity contribution is -0.142. The van der Waals surface area contributed by atoms with E-state index in [0.717, 1.165) is 0 Å². The summed E-state index contributed by atoms with van der Waals surface area (Å²) in [6, 6.07) is 8.64. The Bertz CT molecular complexity index is 1140. The molecule has 0 bridgehead atoms. The van der Waals surface area contributed by atoms with Gasteiger partial charge in [-0.05, 0) is 55.3 Å². The van der Waals surface area contributed by atoms with Gasteiger partial charge in [0.1, 0.15) is 11.5 Å². The molecule has 9 heteroatoms. The lowest BCUT2D eigenvalue weighted by Gasteiger charge is -2.10. The van der Waals surface area contributed by atoms with Gasteiger partial charge in [0.05, 0.1) is 30.7 Å². The largest absolute Gasteiger partial charge is 0.495 e. The van der Waals surface area contributed by atoms with Crippen molar-refractivity contribution in [1.29, 1.82) is 0 Å². The van der Waals surface area contributed by atoms with Crippen LogP contribution < -0.4 is 9.47 Å². The molecule has 0 aliphatic rings. The van der Waals surface area contributed by atoms with Crippen LogP contribution in [-0.4, -0.2) is 36.8 Å². The maximum atomic E-state index is 13.3. The van der Waals surface area contributed by atoms with Gasteiger partial charge in [0.15, 0.2) is 0 Å². The molecule has 1 heterocycles. The van der Waals surface area contributed by atoms with E-state index in [1.807, 2.05) is 6.92 Å². The monoisotopic (exact) mass is 465 g/mol. The third-order valence-corrected chi connectivity index (χ3v) is 5.22. The van der Waals surface area contributed by atoms with Crippen LogP contribution in [0.2, 0.25) is 5.02 Å². The van der Waals surface area contributed by atoms with E-state index < -0.39 is 18.5 Å². The van der Waals surface area contributed by atoms with Crippen LogP contribution in [-0.2, 0) is 16.0 Å². The fourth-order valence-electron chi connectivity index (χ4n) is 3.44. The molecule has 0 radical (unpaired) electrons. The van der Waals surface area contributed by atoms with Gasteiger partial charge in [0, 0.05) is 16.6 Å². The van der Waals surface area contributed by atoms with Gasteiger partial charge >= 0.3 is 12.6 Å². The van der Waals surface area contributed by atoms with Crippen LogP contribution >= 0.6 is 11.6 Å². The van der Waals surface area contributed by atoms with Crippen LogP contribution in [0.4, 0.5) is 8.78 Å². The summed E-state index contributed by atoms with van der Waals surface area (Å²) in [5, 5.41) is 0.926. The molecule has 0 N–H and O–H groups in total. The lowest BCUT2D eigenvalue weighted by Crippen LogP contribution is -2.15. The van der Waals surface area contributed by atoms with Gasteiger partial charge in [-0.1, -0.05) is 18.5 Å². The molecule has 0 amide bonds. The van der Waals surface area contributed by atoms with Crippen molar-refractivity contribution in [2.75, 3.05) is 13.7 Å². The summed E-state index contributed by atoms with van der Waals surface area (Å²) >= 11 is 6.30. The number of carbonyl (C=O) groups is 2. The predicted molar refractivity (Wildman–Crippen MR) is 116 cm³/mol. The predicted octanol–water partition coefficient (Wildman–Crippen LogP) is 5.40. The quantitative estimate of drug-likeness (QED) is 0.417. The second-order valence-corrected chi connectivity index (χ2v) is 7.42. The molecule has 6 nitrogen and oxygen atoms in total. The van der Waals surface area contributed by atoms with Gasteiger partial charge in [-0.3, -0.25) is 14.2 Å². The highest BCUT2D eigenvalue weighted by molar-refractivity contribution is 6.33. The van der Waals surface area contributed by atoms with Crippen molar-refractivity contribution >= 4 is 34.4 Å². The van der Waals surface area contributed by atoms with E-state index in [9.17, 15) is 18.4 Å². The van der Waals surface area contributed by atoms with Gasteiger partial charge in [-0.25, -0.2) is 0 Å². The van der Waals surface area contributed by atoms with Crippen LogP contribution in [0.25, 0.3) is 10.9 Å². The van der Waals surface area contributed by atoms with E-state index in [1.165, 1.54) is 35.9 Å². The molecule has 0 aliphatic carbocycles. The molecule has 0 fully saturated rings. The van der Waals surface area contributed by atoms with Gasteiger partial charge in [-0.2, -0.15) is 8.78 Å². The first kappa shape index (κ1) is 23.5. The van der Waals surface area contributed by atoms with Crippen molar-refractivity contribution < 1.29 is 32.6 Å². The number of carbonyl (C=O) groups excluding carboxylic acids is 2. The summed E-state index contributed by atoms with van der Waals surface area (Å²) in [4.78, 5) is 25.6. The minimum atomic E-state index is -2.96. The van der Waals surface area contributed by atoms with Gasteiger partial charge in [-0.15, -0.1) is 0 Å². The molecule has 3 aromatic rings. The van der Waals surface area contributed by atoms with Crippen LogP contribution in [0, 0.1) is 6.92 Å². The molecule has 170 valence electrons. The molecular weight excluding hydrogens is 444 g/mol. The summed E-state index contributed by atoms with van der Waals surface area (Å²) < 4.78 is 41.1. The highest BCUT2D eigenvalue weighted by Gasteiger charge is 2.23. The zero-order valence-corrected chi connectivity index (χ0v) is 18.5. The Kier molecular flexibility index (Phi) is 7.35. The number of benzene rings is 2. The maximum absolute atomic E-state index is 13.3. The van der Waals surface area contributed by atoms with E-state index in [4.69, 9.17) is 21.1 Å².